The van der Waals surface area contributed by atoms with Gasteiger partial charge in [-0.1, -0.05) is 19.1 Å². The largest absolute Gasteiger partial charge is 0.497 e. The molecule has 0 unspecified atom stereocenters. The van der Waals surface area contributed by atoms with Gasteiger partial charge in [0.05, 0.1) is 44.3 Å². The van der Waals surface area contributed by atoms with E-state index < -0.39 is 0 Å². The molecule has 3 aromatic rings. The lowest BCUT2D eigenvalue weighted by molar-refractivity contribution is -0.117. The number of methoxy groups -OCH3 is 1. The Hall–Kier alpha value is -3.81. The van der Waals surface area contributed by atoms with Crippen LogP contribution in [0.5, 0.6) is 5.75 Å². The fourth-order valence-corrected chi connectivity index (χ4v) is 3.68. The number of aromatic nitrogens is 1. The molecule has 8 nitrogen and oxygen atoms in total. The Balaban J connectivity index is 1.60. The second kappa shape index (κ2) is 9.55. The van der Waals surface area contributed by atoms with Crippen molar-refractivity contribution >= 4 is 23.3 Å². The summed E-state index contributed by atoms with van der Waals surface area (Å²) in [5.41, 5.74) is 1.98. The van der Waals surface area contributed by atoms with Crippen molar-refractivity contribution in [3.63, 3.8) is 0 Å². The van der Waals surface area contributed by atoms with Crippen molar-refractivity contribution in [1.82, 2.24) is 9.88 Å². The van der Waals surface area contributed by atoms with Crippen LogP contribution >= 0.6 is 0 Å². The van der Waals surface area contributed by atoms with E-state index in [1.165, 1.54) is 0 Å². The van der Waals surface area contributed by atoms with Crippen LogP contribution in [0, 0.1) is 0 Å². The summed E-state index contributed by atoms with van der Waals surface area (Å²) in [6, 6.07) is 12.9. The molecule has 0 bridgehead atoms. The maximum atomic E-state index is 13.3. The summed E-state index contributed by atoms with van der Waals surface area (Å²) >= 11 is 0. The number of anilines is 2. The van der Waals surface area contributed by atoms with Crippen LogP contribution in [0.15, 0.2) is 59.3 Å². The van der Waals surface area contributed by atoms with E-state index in [4.69, 9.17) is 9.15 Å². The SMILES string of the molecule is CCCN(Cc1ccco1)C(=O)c1cnc2c(c1)N(Cc1ccc(OC)cc1)C(=O)CN2. The molecule has 2 aromatic heterocycles. The zero-order chi connectivity index (χ0) is 22.5. The van der Waals surface area contributed by atoms with E-state index in [2.05, 4.69) is 10.3 Å². The highest BCUT2D eigenvalue weighted by Crippen LogP contribution is 2.30. The molecule has 3 heterocycles. The molecule has 0 fully saturated rings. The van der Waals surface area contributed by atoms with Crippen molar-refractivity contribution < 1.29 is 18.7 Å². The van der Waals surface area contributed by atoms with Crippen LogP contribution in [0.4, 0.5) is 11.5 Å². The molecule has 1 aliphatic rings. The van der Waals surface area contributed by atoms with Gasteiger partial charge in [0.1, 0.15) is 11.5 Å². The Morgan fingerprint density at radius 1 is 1.28 bits per heavy atom. The minimum absolute atomic E-state index is 0.0827. The van der Waals surface area contributed by atoms with E-state index in [9.17, 15) is 9.59 Å². The zero-order valence-electron chi connectivity index (χ0n) is 18.2. The Bertz CT molecular complexity index is 1080. The minimum Gasteiger partial charge on any atom is -0.497 e. The summed E-state index contributed by atoms with van der Waals surface area (Å²) in [5.74, 6) is 1.82. The lowest BCUT2D eigenvalue weighted by atomic mass is 10.1. The van der Waals surface area contributed by atoms with E-state index in [0.29, 0.717) is 36.7 Å². The molecule has 0 aliphatic carbocycles. The van der Waals surface area contributed by atoms with Crippen LogP contribution in [0.25, 0.3) is 0 Å². The van der Waals surface area contributed by atoms with Gasteiger partial charge in [0.2, 0.25) is 5.91 Å². The number of pyridine rings is 1. The number of amides is 2. The van der Waals surface area contributed by atoms with Crippen molar-refractivity contribution in [2.45, 2.75) is 26.4 Å². The average Bonchev–Trinajstić information content (AvgIpc) is 3.33. The van der Waals surface area contributed by atoms with Crippen LogP contribution in [0.2, 0.25) is 0 Å². The average molecular weight is 434 g/mol. The third kappa shape index (κ3) is 4.59. The number of nitrogens with zero attached hydrogens (tertiary/aromatic N) is 3. The van der Waals surface area contributed by atoms with Crippen LogP contribution in [-0.4, -0.2) is 41.9 Å². The normalized spacial score (nSPS) is 12.8. The number of hydrogen-bond donors (Lipinski definition) is 1. The Morgan fingerprint density at radius 2 is 2.09 bits per heavy atom. The molecule has 0 saturated carbocycles. The van der Waals surface area contributed by atoms with Crippen LogP contribution in [0.3, 0.4) is 0 Å². The van der Waals surface area contributed by atoms with E-state index in [1.807, 2.05) is 37.3 Å². The first kappa shape index (κ1) is 21.4. The minimum atomic E-state index is -0.152. The molecule has 2 amide bonds. The van der Waals surface area contributed by atoms with Crippen molar-refractivity contribution in [2.24, 2.45) is 0 Å². The molecule has 0 radical (unpaired) electrons. The summed E-state index contributed by atoms with van der Waals surface area (Å²) < 4.78 is 10.6. The predicted molar refractivity (Wildman–Crippen MR) is 121 cm³/mol. The molecular weight excluding hydrogens is 408 g/mol. The Morgan fingerprint density at radius 3 is 2.78 bits per heavy atom. The topological polar surface area (TPSA) is 87.9 Å². The molecule has 166 valence electrons. The lowest BCUT2D eigenvalue weighted by Crippen LogP contribution is -2.40. The van der Waals surface area contributed by atoms with E-state index >= 15 is 0 Å². The number of nitrogens with one attached hydrogen (secondary N) is 1. The van der Waals surface area contributed by atoms with Gasteiger partial charge in [-0.2, -0.15) is 0 Å². The highest BCUT2D eigenvalue weighted by Gasteiger charge is 2.27. The number of hydrogen-bond acceptors (Lipinski definition) is 6. The maximum absolute atomic E-state index is 13.3. The smallest absolute Gasteiger partial charge is 0.255 e. The molecule has 1 aliphatic heterocycles. The number of ether oxygens (including phenoxy) is 1. The molecule has 32 heavy (non-hydrogen) atoms. The monoisotopic (exact) mass is 434 g/mol. The number of carbonyl (C=O) groups is 2. The molecule has 4 rings (SSSR count). The second-order valence-corrected chi connectivity index (χ2v) is 7.58. The molecular formula is C24H26N4O4. The third-order valence-electron chi connectivity index (χ3n) is 5.32. The summed E-state index contributed by atoms with van der Waals surface area (Å²) in [7, 11) is 1.61. The van der Waals surface area contributed by atoms with Crippen LogP contribution in [0.1, 0.15) is 35.0 Å². The standard InChI is InChI=1S/C24H26N4O4/c1-3-10-27(16-20-5-4-11-32-20)24(30)18-12-21-23(25-13-18)26-14-22(29)28(21)15-17-6-8-19(31-2)9-7-17/h4-9,11-13H,3,10,14-16H2,1-2H3,(H,25,26). The fraction of sp³-hybridized carbons (Fsp3) is 0.292. The van der Waals surface area contributed by atoms with Gasteiger partial charge in [-0.25, -0.2) is 4.98 Å². The maximum Gasteiger partial charge on any atom is 0.255 e. The first-order valence-electron chi connectivity index (χ1n) is 10.6. The first-order valence-corrected chi connectivity index (χ1v) is 10.6. The summed E-state index contributed by atoms with van der Waals surface area (Å²) in [4.78, 5) is 33.8. The summed E-state index contributed by atoms with van der Waals surface area (Å²) in [5, 5.41) is 3.04. The highest BCUT2D eigenvalue weighted by molar-refractivity contribution is 6.04. The lowest BCUT2D eigenvalue weighted by Gasteiger charge is -2.30. The number of fused-ring (bicyclic) bond motifs is 1. The number of carbonyl (C=O) groups excluding carboxylic acids is 2. The number of benzene rings is 1. The van der Waals surface area contributed by atoms with Gasteiger partial charge in [-0.15, -0.1) is 0 Å². The van der Waals surface area contributed by atoms with E-state index in [1.54, 1.807) is 41.5 Å². The molecule has 8 heteroatoms. The quantitative estimate of drug-likeness (QED) is 0.582. The first-order chi connectivity index (χ1) is 15.6. The van der Waals surface area contributed by atoms with Crippen molar-refractivity contribution in [3.05, 3.63) is 71.8 Å². The van der Waals surface area contributed by atoms with Gasteiger partial charge < -0.3 is 24.3 Å². The van der Waals surface area contributed by atoms with Gasteiger partial charge in [0, 0.05) is 12.7 Å². The number of furan rings is 1. The van der Waals surface area contributed by atoms with E-state index in [0.717, 1.165) is 23.5 Å². The summed E-state index contributed by atoms with van der Waals surface area (Å²) in [6.45, 7) is 3.52. The van der Waals surface area contributed by atoms with Gasteiger partial charge in [-0.05, 0) is 42.3 Å². The van der Waals surface area contributed by atoms with Crippen molar-refractivity contribution in [1.29, 1.82) is 0 Å². The van der Waals surface area contributed by atoms with E-state index in [-0.39, 0.29) is 18.4 Å². The second-order valence-electron chi connectivity index (χ2n) is 7.58. The molecule has 1 N–H and O–H groups in total. The Labute approximate surface area is 186 Å². The molecule has 0 spiro atoms. The van der Waals surface area contributed by atoms with Crippen molar-refractivity contribution in [2.75, 3.05) is 30.4 Å². The zero-order valence-corrected chi connectivity index (χ0v) is 18.2. The van der Waals surface area contributed by atoms with Gasteiger partial charge >= 0.3 is 0 Å². The van der Waals surface area contributed by atoms with Crippen LogP contribution in [-0.2, 0) is 17.9 Å². The molecule has 0 saturated heterocycles. The van der Waals surface area contributed by atoms with Gasteiger partial charge in [-0.3, -0.25) is 9.59 Å². The van der Waals surface area contributed by atoms with Gasteiger partial charge in [0.15, 0.2) is 5.82 Å². The fourth-order valence-electron chi connectivity index (χ4n) is 3.68. The predicted octanol–water partition coefficient (Wildman–Crippen LogP) is 3.69. The highest BCUT2D eigenvalue weighted by atomic mass is 16.5. The van der Waals surface area contributed by atoms with Crippen molar-refractivity contribution in [3.8, 4) is 5.75 Å². The van der Waals surface area contributed by atoms with Gasteiger partial charge in [0.25, 0.3) is 5.91 Å². The third-order valence-corrected chi connectivity index (χ3v) is 5.32. The molecule has 0 atom stereocenters. The van der Waals surface area contributed by atoms with Crippen LogP contribution < -0.4 is 15.0 Å². The number of rotatable bonds is 8. The summed E-state index contributed by atoms with van der Waals surface area (Å²) in [6.07, 6.45) is 3.97. The Kier molecular flexibility index (Phi) is 6.39. The molecule has 1 aromatic carbocycles.